The third-order valence-electron chi connectivity index (χ3n) is 6.12. The minimum Gasteiger partial charge on any atom is -0.494 e. The normalized spacial score (nSPS) is 12.1. The molecule has 0 aliphatic heterocycles. The highest BCUT2D eigenvalue weighted by Gasteiger charge is 2.32. The van der Waals surface area contributed by atoms with Crippen LogP contribution in [0.15, 0.2) is 83.8 Å². The van der Waals surface area contributed by atoms with Gasteiger partial charge in [0.2, 0.25) is 11.8 Å². The van der Waals surface area contributed by atoms with Crippen LogP contribution in [0, 0.1) is 6.92 Å². The molecule has 0 bridgehead atoms. The van der Waals surface area contributed by atoms with Crippen molar-refractivity contribution in [1.82, 2.24) is 10.2 Å². The van der Waals surface area contributed by atoms with Gasteiger partial charge in [-0.25, -0.2) is 8.42 Å². The Labute approximate surface area is 231 Å². The second kappa shape index (κ2) is 13.3. The molecular weight excluding hydrogens is 514 g/mol. The number of carbonyl (C=O) groups excluding carboxylic acids is 2. The van der Waals surface area contributed by atoms with Gasteiger partial charge in [0.1, 0.15) is 18.3 Å². The van der Waals surface area contributed by atoms with Gasteiger partial charge in [-0.15, -0.1) is 0 Å². The van der Waals surface area contributed by atoms with E-state index >= 15 is 0 Å². The van der Waals surface area contributed by atoms with Crippen molar-refractivity contribution in [1.29, 1.82) is 0 Å². The molecule has 0 spiro atoms. The van der Waals surface area contributed by atoms with Crippen LogP contribution in [0.25, 0.3) is 0 Å². The van der Waals surface area contributed by atoms with Crippen molar-refractivity contribution in [2.75, 3.05) is 17.5 Å². The SMILES string of the molecule is CCOc1ccc(S(=O)(=O)N(CC(=O)N(Cc2ccccc2)C(C)C(=O)NC(C)C)c2ccc(C)cc2)cc1. The van der Waals surface area contributed by atoms with E-state index in [9.17, 15) is 18.0 Å². The molecule has 2 amide bonds. The molecule has 3 aromatic carbocycles. The third kappa shape index (κ3) is 7.83. The molecule has 1 atom stereocenters. The summed E-state index contributed by atoms with van der Waals surface area (Å²) in [6.45, 7) is 9.20. The van der Waals surface area contributed by atoms with Crippen LogP contribution in [0.5, 0.6) is 5.75 Å². The van der Waals surface area contributed by atoms with E-state index in [0.717, 1.165) is 15.4 Å². The lowest BCUT2D eigenvalue weighted by molar-refractivity contribution is -0.139. The summed E-state index contributed by atoms with van der Waals surface area (Å²) in [6, 6.07) is 21.4. The first-order valence-electron chi connectivity index (χ1n) is 13.0. The first-order valence-corrected chi connectivity index (χ1v) is 14.4. The predicted octanol–water partition coefficient (Wildman–Crippen LogP) is 4.53. The summed E-state index contributed by atoms with van der Waals surface area (Å²) < 4.78 is 34.3. The summed E-state index contributed by atoms with van der Waals surface area (Å²) >= 11 is 0. The van der Waals surface area contributed by atoms with Gasteiger partial charge in [0.25, 0.3) is 10.0 Å². The van der Waals surface area contributed by atoms with Gasteiger partial charge in [0.15, 0.2) is 0 Å². The summed E-state index contributed by atoms with van der Waals surface area (Å²) in [6.07, 6.45) is 0. The molecule has 8 nitrogen and oxygen atoms in total. The van der Waals surface area contributed by atoms with Crippen LogP contribution in [-0.4, -0.2) is 50.4 Å². The highest BCUT2D eigenvalue weighted by atomic mass is 32.2. The average molecular weight is 552 g/mol. The standard InChI is InChI=1S/C30H37N3O5S/c1-6-38-27-16-18-28(19-17-27)39(36,37)33(26-14-12-23(4)13-15-26)21-29(34)32(20-25-10-8-7-9-11-25)24(5)30(35)31-22(2)3/h7-19,22,24H,6,20-21H2,1-5H3,(H,31,35). The quantitative estimate of drug-likeness (QED) is 0.357. The molecule has 0 radical (unpaired) electrons. The van der Waals surface area contributed by atoms with Crippen molar-refractivity contribution in [2.24, 2.45) is 0 Å². The number of carbonyl (C=O) groups is 2. The van der Waals surface area contributed by atoms with E-state index in [0.29, 0.717) is 18.0 Å². The van der Waals surface area contributed by atoms with E-state index in [1.165, 1.54) is 17.0 Å². The third-order valence-corrected chi connectivity index (χ3v) is 7.91. The minimum absolute atomic E-state index is 0.0273. The minimum atomic E-state index is -4.14. The van der Waals surface area contributed by atoms with Crippen molar-refractivity contribution in [2.45, 2.75) is 58.1 Å². The average Bonchev–Trinajstić information content (AvgIpc) is 2.91. The molecule has 3 aromatic rings. The van der Waals surface area contributed by atoms with Gasteiger partial charge in [-0.05, 0) is 76.6 Å². The van der Waals surface area contributed by atoms with E-state index in [1.54, 1.807) is 43.3 Å². The van der Waals surface area contributed by atoms with Crippen molar-refractivity contribution in [3.63, 3.8) is 0 Å². The molecule has 208 valence electrons. The van der Waals surface area contributed by atoms with Gasteiger partial charge in [0.05, 0.1) is 17.2 Å². The first kappa shape index (κ1) is 29.7. The number of aryl methyl sites for hydroxylation is 1. The van der Waals surface area contributed by atoms with Crippen LogP contribution in [0.3, 0.4) is 0 Å². The zero-order chi connectivity index (χ0) is 28.6. The second-order valence-corrected chi connectivity index (χ2v) is 11.5. The summed E-state index contributed by atoms with van der Waals surface area (Å²) in [7, 11) is -4.14. The van der Waals surface area contributed by atoms with Crippen molar-refractivity contribution < 1.29 is 22.7 Å². The topological polar surface area (TPSA) is 96.0 Å². The van der Waals surface area contributed by atoms with E-state index in [4.69, 9.17) is 4.74 Å². The number of sulfonamides is 1. The highest BCUT2D eigenvalue weighted by molar-refractivity contribution is 7.92. The number of anilines is 1. The van der Waals surface area contributed by atoms with E-state index < -0.39 is 28.5 Å². The molecule has 1 unspecified atom stereocenters. The number of hydrogen-bond acceptors (Lipinski definition) is 5. The van der Waals surface area contributed by atoms with Crippen LogP contribution in [-0.2, 0) is 26.2 Å². The van der Waals surface area contributed by atoms with Gasteiger partial charge < -0.3 is 15.0 Å². The lowest BCUT2D eigenvalue weighted by Gasteiger charge is -2.32. The molecule has 0 aromatic heterocycles. The van der Waals surface area contributed by atoms with Crippen LogP contribution >= 0.6 is 0 Å². The Morgan fingerprint density at radius 2 is 1.51 bits per heavy atom. The maximum absolute atomic E-state index is 13.9. The molecule has 39 heavy (non-hydrogen) atoms. The highest BCUT2D eigenvalue weighted by Crippen LogP contribution is 2.26. The number of rotatable bonds is 12. The van der Waals surface area contributed by atoms with E-state index in [1.807, 2.05) is 58.0 Å². The maximum Gasteiger partial charge on any atom is 0.264 e. The van der Waals surface area contributed by atoms with E-state index in [-0.39, 0.29) is 23.4 Å². The molecule has 3 rings (SSSR count). The van der Waals surface area contributed by atoms with E-state index in [2.05, 4.69) is 5.32 Å². The van der Waals surface area contributed by atoms with Crippen molar-refractivity contribution in [3.05, 3.63) is 90.0 Å². The smallest absolute Gasteiger partial charge is 0.264 e. The van der Waals surface area contributed by atoms with Gasteiger partial charge in [0, 0.05) is 12.6 Å². The Kier molecular flexibility index (Phi) is 10.1. The lowest BCUT2D eigenvalue weighted by Crippen LogP contribution is -2.52. The van der Waals surface area contributed by atoms with Gasteiger partial charge in [-0.2, -0.15) is 0 Å². The fraction of sp³-hybridized carbons (Fsp3) is 0.333. The number of benzene rings is 3. The van der Waals surface area contributed by atoms with Crippen LogP contribution < -0.4 is 14.4 Å². The molecular formula is C30H37N3O5S. The van der Waals surface area contributed by atoms with Crippen LogP contribution in [0.2, 0.25) is 0 Å². The molecule has 0 heterocycles. The number of hydrogen-bond donors (Lipinski definition) is 1. The predicted molar refractivity (Wildman–Crippen MR) is 153 cm³/mol. The lowest BCUT2D eigenvalue weighted by atomic mass is 10.1. The van der Waals surface area contributed by atoms with Gasteiger partial charge in [-0.3, -0.25) is 13.9 Å². The summed E-state index contributed by atoms with van der Waals surface area (Å²) in [4.78, 5) is 28.3. The Morgan fingerprint density at radius 1 is 0.897 bits per heavy atom. The van der Waals surface area contributed by atoms with Crippen molar-refractivity contribution >= 4 is 27.5 Å². The Hall–Kier alpha value is -3.85. The van der Waals surface area contributed by atoms with Gasteiger partial charge in [-0.1, -0.05) is 48.0 Å². The first-order chi connectivity index (χ1) is 18.5. The number of amides is 2. The second-order valence-electron chi connectivity index (χ2n) is 9.60. The summed E-state index contributed by atoms with van der Waals surface area (Å²) in [5.41, 5.74) is 2.13. The number of nitrogens with zero attached hydrogens (tertiary/aromatic N) is 2. The molecule has 0 fully saturated rings. The van der Waals surface area contributed by atoms with Gasteiger partial charge >= 0.3 is 0 Å². The molecule has 0 aliphatic carbocycles. The molecule has 1 N–H and O–H groups in total. The zero-order valence-corrected chi connectivity index (χ0v) is 23.9. The summed E-state index contributed by atoms with van der Waals surface area (Å²) in [5, 5.41) is 2.85. The van der Waals surface area contributed by atoms with Crippen LogP contribution in [0.4, 0.5) is 5.69 Å². The molecule has 0 saturated heterocycles. The molecule has 0 saturated carbocycles. The Morgan fingerprint density at radius 3 is 2.08 bits per heavy atom. The molecule has 0 aliphatic rings. The zero-order valence-electron chi connectivity index (χ0n) is 23.1. The van der Waals surface area contributed by atoms with Crippen molar-refractivity contribution in [3.8, 4) is 5.75 Å². The Balaban J connectivity index is 2.00. The monoisotopic (exact) mass is 551 g/mol. The Bertz CT molecular complexity index is 1340. The fourth-order valence-electron chi connectivity index (χ4n) is 4.01. The van der Waals surface area contributed by atoms with Crippen LogP contribution in [0.1, 0.15) is 38.8 Å². The molecule has 9 heteroatoms. The largest absolute Gasteiger partial charge is 0.494 e. The number of ether oxygens (including phenoxy) is 1. The summed E-state index contributed by atoms with van der Waals surface area (Å²) in [5.74, 6) is -0.265. The maximum atomic E-state index is 13.9. The number of nitrogens with one attached hydrogen (secondary N) is 1. The fourth-order valence-corrected chi connectivity index (χ4v) is 5.42.